The molecule has 1 aliphatic rings. The van der Waals surface area contributed by atoms with Gasteiger partial charge < -0.3 is 10.2 Å². The first kappa shape index (κ1) is 17.4. The van der Waals surface area contributed by atoms with Crippen LogP contribution in [0.25, 0.3) is 0 Å². The van der Waals surface area contributed by atoms with Gasteiger partial charge in [0.15, 0.2) is 0 Å². The second kappa shape index (κ2) is 10.4. The largest absolute Gasteiger partial charge is 0.356 e. The molecule has 0 aromatic rings. The van der Waals surface area contributed by atoms with Gasteiger partial charge in [0.1, 0.15) is 0 Å². The minimum atomic E-state index is 0.256. The van der Waals surface area contributed by atoms with E-state index in [9.17, 15) is 4.79 Å². The van der Waals surface area contributed by atoms with E-state index >= 15 is 0 Å². The summed E-state index contributed by atoms with van der Waals surface area (Å²) in [7, 11) is 0. The van der Waals surface area contributed by atoms with Crippen LogP contribution in [-0.4, -0.2) is 36.5 Å². The molecule has 0 aliphatic carbocycles. The van der Waals surface area contributed by atoms with Crippen molar-refractivity contribution in [2.75, 3.05) is 19.6 Å². The Hall–Kier alpha value is -0.570. The predicted octanol–water partition coefficient (Wildman–Crippen LogP) is 3.05. The Labute approximate surface area is 113 Å². The summed E-state index contributed by atoms with van der Waals surface area (Å²) in [5.74, 6) is 0.531. The number of carbonyl (C=O) groups excluding carboxylic acids is 1. The number of carbonyl (C=O) groups is 1. The molecule has 1 saturated heterocycles. The van der Waals surface area contributed by atoms with Gasteiger partial charge in [0, 0.05) is 18.5 Å². The first-order chi connectivity index (χ1) is 8.65. The Balaban J connectivity index is 0.00000137. The first-order valence-electron chi connectivity index (χ1n) is 7.67. The molecule has 3 nitrogen and oxygen atoms in total. The Bertz CT molecular complexity index is 209. The number of amides is 1. The van der Waals surface area contributed by atoms with Crippen molar-refractivity contribution in [3.63, 3.8) is 0 Å². The van der Waals surface area contributed by atoms with E-state index < -0.39 is 0 Å². The van der Waals surface area contributed by atoms with E-state index in [2.05, 4.69) is 31.0 Å². The smallest absolute Gasteiger partial charge is 0.223 e. The molecule has 1 N–H and O–H groups in total. The number of unbranched alkanes of at least 4 members (excludes halogenated alkanes) is 1. The van der Waals surface area contributed by atoms with Gasteiger partial charge in [0.25, 0.3) is 0 Å². The van der Waals surface area contributed by atoms with Gasteiger partial charge >= 0.3 is 0 Å². The van der Waals surface area contributed by atoms with Crippen LogP contribution in [0.5, 0.6) is 0 Å². The maximum atomic E-state index is 11.8. The van der Waals surface area contributed by atoms with E-state index in [0.717, 1.165) is 45.3 Å². The lowest BCUT2D eigenvalue weighted by molar-refractivity contribution is -0.126. The maximum absolute atomic E-state index is 11.8. The molecule has 0 saturated carbocycles. The van der Waals surface area contributed by atoms with Crippen molar-refractivity contribution in [3.8, 4) is 0 Å². The van der Waals surface area contributed by atoms with Gasteiger partial charge in [-0.1, -0.05) is 27.2 Å². The first-order valence-corrected chi connectivity index (χ1v) is 7.67. The van der Waals surface area contributed by atoms with Crippen molar-refractivity contribution >= 4 is 5.91 Å². The Morgan fingerprint density at radius 3 is 2.28 bits per heavy atom. The minimum absolute atomic E-state index is 0.256. The third-order valence-electron chi connectivity index (χ3n) is 3.46. The summed E-state index contributed by atoms with van der Waals surface area (Å²) in [6, 6.07) is 0.615. The average molecular weight is 256 g/mol. The highest BCUT2D eigenvalue weighted by atomic mass is 16.1. The van der Waals surface area contributed by atoms with Gasteiger partial charge in [-0.05, 0) is 46.2 Å². The molecule has 0 aromatic carbocycles. The molecular weight excluding hydrogens is 224 g/mol. The molecule has 1 rings (SSSR count). The Morgan fingerprint density at radius 2 is 1.83 bits per heavy atom. The molecule has 108 valence electrons. The van der Waals surface area contributed by atoms with Gasteiger partial charge in [0.2, 0.25) is 5.91 Å². The second-order valence-electron chi connectivity index (χ2n) is 5.05. The monoisotopic (exact) mass is 256 g/mol. The number of piperidine rings is 1. The number of hydrogen-bond donors (Lipinski definition) is 1. The van der Waals surface area contributed by atoms with E-state index in [1.54, 1.807) is 0 Å². The molecule has 0 bridgehead atoms. The highest BCUT2D eigenvalue weighted by Crippen LogP contribution is 2.18. The summed E-state index contributed by atoms with van der Waals surface area (Å²) in [4.78, 5) is 14.3. The van der Waals surface area contributed by atoms with Gasteiger partial charge in [-0.25, -0.2) is 0 Å². The van der Waals surface area contributed by atoms with Crippen molar-refractivity contribution in [1.82, 2.24) is 10.2 Å². The fourth-order valence-corrected chi connectivity index (χ4v) is 2.21. The third-order valence-corrected chi connectivity index (χ3v) is 3.46. The summed E-state index contributed by atoms with van der Waals surface area (Å²) in [6.45, 7) is 13.6. The van der Waals surface area contributed by atoms with Crippen LogP contribution in [0.3, 0.4) is 0 Å². The van der Waals surface area contributed by atoms with E-state index in [-0.39, 0.29) is 11.8 Å². The minimum Gasteiger partial charge on any atom is -0.356 e. The van der Waals surface area contributed by atoms with Crippen molar-refractivity contribution in [2.24, 2.45) is 5.92 Å². The number of likely N-dealkylation sites (tertiary alicyclic amines) is 1. The summed E-state index contributed by atoms with van der Waals surface area (Å²) in [5, 5.41) is 3.04. The lowest BCUT2D eigenvalue weighted by Crippen LogP contribution is -2.43. The van der Waals surface area contributed by atoms with Gasteiger partial charge in [-0.2, -0.15) is 0 Å². The number of hydrogen-bond acceptors (Lipinski definition) is 2. The molecule has 1 fully saturated rings. The van der Waals surface area contributed by atoms with Crippen LogP contribution in [0.15, 0.2) is 0 Å². The van der Waals surface area contributed by atoms with Crippen LogP contribution in [0.2, 0.25) is 0 Å². The van der Waals surface area contributed by atoms with Crippen molar-refractivity contribution in [2.45, 2.75) is 66.3 Å². The van der Waals surface area contributed by atoms with Crippen molar-refractivity contribution in [3.05, 3.63) is 0 Å². The molecule has 0 aromatic heterocycles. The quantitative estimate of drug-likeness (QED) is 0.767. The maximum Gasteiger partial charge on any atom is 0.223 e. The van der Waals surface area contributed by atoms with Crippen LogP contribution in [0, 0.1) is 5.92 Å². The van der Waals surface area contributed by atoms with Gasteiger partial charge in [-0.3, -0.25) is 4.79 Å². The molecule has 0 unspecified atom stereocenters. The summed E-state index contributed by atoms with van der Waals surface area (Å²) in [5.41, 5.74) is 0. The molecule has 0 atom stereocenters. The van der Waals surface area contributed by atoms with E-state index in [1.807, 2.05) is 13.8 Å². The fraction of sp³-hybridized carbons (Fsp3) is 0.933. The number of nitrogens with zero attached hydrogens (tertiary/aromatic N) is 1. The Morgan fingerprint density at radius 1 is 1.28 bits per heavy atom. The van der Waals surface area contributed by atoms with Crippen molar-refractivity contribution in [1.29, 1.82) is 0 Å². The average Bonchev–Trinajstić information content (AvgIpc) is 2.41. The predicted molar refractivity (Wildman–Crippen MR) is 78.7 cm³/mol. The van der Waals surface area contributed by atoms with Crippen LogP contribution in [0.1, 0.15) is 60.3 Å². The summed E-state index contributed by atoms with van der Waals surface area (Å²) >= 11 is 0. The zero-order valence-electron chi connectivity index (χ0n) is 13.0. The Kier molecular flexibility index (Phi) is 10.0. The zero-order valence-corrected chi connectivity index (χ0v) is 13.0. The lowest BCUT2D eigenvalue weighted by atomic mass is 9.95. The second-order valence-corrected chi connectivity index (χ2v) is 5.05. The molecule has 3 heteroatoms. The van der Waals surface area contributed by atoms with E-state index in [1.165, 1.54) is 0 Å². The number of nitrogens with one attached hydrogen (secondary N) is 1. The topological polar surface area (TPSA) is 32.3 Å². The molecule has 1 aliphatic heterocycles. The molecule has 1 heterocycles. The normalized spacial score (nSPS) is 17.2. The molecule has 18 heavy (non-hydrogen) atoms. The van der Waals surface area contributed by atoms with Gasteiger partial charge in [-0.15, -0.1) is 0 Å². The third kappa shape index (κ3) is 6.39. The van der Waals surface area contributed by atoms with E-state index in [0.29, 0.717) is 6.04 Å². The van der Waals surface area contributed by atoms with Crippen LogP contribution in [-0.2, 0) is 4.79 Å². The highest BCUT2D eigenvalue weighted by molar-refractivity contribution is 5.78. The SMILES string of the molecule is CC.CCCCNC(=O)C1CCN(C(C)C)CC1. The molecular formula is C15H32N2O. The van der Waals surface area contributed by atoms with E-state index in [4.69, 9.17) is 0 Å². The van der Waals surface area contributed by atoms with Gasteiger partial charge in [0.05, 0.1) is 0 Å². The number of rotatable bonds is 5. The standard InChI is InChI=1S/C13H26N2O.C2H6/c1-4-5-8-14-13(16)12-6-9-15(10-7-12)11(2)3;1-2/h11-12H,4-10H2,1-3H3,(H,14,16);1-2H3. The highest BCUT2D eigenvalue weighted by Gasteiger charge is 2.25. The van der Waals surface area contributed by atoms with Crippen molar-refractivity contribution < 1.29 is 4.79 Å². The lowest BCUT2D eigenvalue weighted by Gasteiger charge is -2.33. The van der Waals surface area contributed by atoms with Crippen LogP contribution in [0.4, 0.5) is 0 Å². The molecule has 0 spiro atoms. The fourth-order valence-electron chi connectivity index (χ4n) is 2.21. The molecule has 1 amide bonds. The zero-order chi connectivity index (χ0) is 14.0. The summed E-state index contributed by atoms with van der Waals surface area (Å²) < 4.78 is 0. The van der Waals surface area contributed by atoms with Crippen LogP contribution < -0.4 is 5.32 Å². The van der Waals surface area contributed by atoms with Crippen LogP contribution >= 0.6 is 0 Å². The summed E-state index contributed by atoms with van der Waals surface area (Å²) in [6.07, 6.45) is 4.29. The molecule has 0 radical (unpaired) electrons.